The summed E-state index contributed by atoms with van der Waals surface area (Å²) in [4.78, 5) is 16.5. The van der Waals surface area contributed by atoms with E-state index in [0.717, 1.165) is 18.8 Å². The number of nitrogen functional groups attached to an aromatic ring is 1. The van der Waals surface area contributed by atoms with Crippen molar-refractivity contribution < 1.29 is 4.92 Å². The van der Waals surface area contributed by atoms with Gasteiger partial charge >= 0.3 is 5.69 Å². The highest BCUT2D eigenvalue weighted by Crippen LogP contribution is 2.30. The summed E-state index contributed by atoms with van der Waals surface area (Å²) in [5.41, 5.74) is 5.51. The van der Waals surface area contributed by atoms with Gasteiger partial charge in [0.15, 0.2) is 0 Å². The molecule has 0 amide bonds. The Labute approximate surface area is 112 Å². The van der Waals surface area contributed by atoms with E-state index in [1.165, 1.54) is 18.9 Å². The van der Waals surface area contributed by atoms with Gasteiger partial charge in [0.2, 0.25) is 5.82 Å². The lowest BCUT2D eigenvalue weighted by Crippen LogP contribution is -2.36. The highest BCUT2D eigenvalue weighted by molar-refractivity contribution is 5.58. The summed E-state index contributed by atoms with van der Waals surface area (Å²) >= 11 is 0. The molecule has 1 saturated carbocycles. The van der Waals surface area contributed by atoms with Crippen molar-refractivity contribution in [3.8, 4) is 0 Å². The predicted molar refractivity (Wildman–Crippen MR) is 75.1 cm³/mol. The van der Waals surface area contributed by atoms with Gasteiger partial charge in [-0.25, -0.2) is 4.98 Å². The van der Waals surface area contributed by atoms with Crippen LogP contribution in [0.2, 0.25) is 0 Å². The van der Waals surface area contributed by atoms with Gasteiger partial charge in [-0.05, 0) is 24.8 Å². The van der Waals surface area contributed by atoms with E-state index in [0.29, 0.717) is 11.9 Å². The average molecular weight is 264 g/mol. The zero-order valence-electron chi connectivity index (χ0n) is 11.4. The second-order valence-electron chi connectivity index (χ2n) is 5.37. The Balaban J connectivity index is 2.17. The topological polar surface area (TPSA) is 85.3 Å². The van der Waals surface area contributed by atoms with Gasteiger partial charge in [-0.2, -0.15) is 0 Å². The summed E-state index contributed by atoms with van der Waals surface area (Å²) in [5, 5.41) is 10.7. The minimum atomic E-state index is -0.505. The molecule has 0 radical (unpaired) electrons. The molecule has 1 aliphatic rings. The van der Waals surface area contributed by atoms with Gasteiger partial charge in [0.1, 0.15) is 5.82 Å². The Kier molecular flexibility index (Phi) is 3.87. The number of aromatic nitrogens is 1. The molecule has 1 aliphatic carbocycles. The SMILES string of the molecule is CC1CCCC(N(C)c2ccc([N+](=O)[O-])c(N)n2)C1. The van der Waals surface area contributed by atoms with E-state index in [-0.39, 0.29) is 11.5 Å². The van der Waals surface area contributed by atoms with Crippen LogP contribution in [0.25, 0.3) is 0 Å². The number of anilines is 2. The van der Waals surface area contributed by atoms with Crippen molar-refractivity contribution in [2.75, 3.05) is 17.7 Å². The van der Waals surface area contributed by atoms with Crippen LogP contribution in [0.4, 0.5) is 17.3 Å². The van der Waals surface area contributed by atoms with E-state index >= 15 is 0 Å². The van der Waals surface area contributed by atoms with E-state index in [1.807, 2.05) is 7.05 Å². The minimum Gasteiger partial charge on any atom is -0.378 e. The maximum absolute atomic E-state index is 10.7. The number of pyridine rings is 1. The quantitative estimate of drug-likeness (QED) is 0.670. The number of hydrogen-bond acceptors (Lipinski definition) is 5. The van der Waals surface area contributed by atoms with Crippen LogP contribution in [0.1, 0.15) is 32.6 Å². The molecular weight excluding hydrogens is 244 g/mol. The van der Waals surface area contributed by atoms with Crippen molar-refractivity contribution in [1.82, 2.24) is 4.98 Å². The van der Waals surface area contributed by atoms with Gasteiger partial charge in [-0.15, -0.1) is 0 Å². The largest absolute Gasteiger partial charge is 0.378 e. The van der Waals surface area contributed by atoms with Crippen molar-refractivity contribution in [2.45, 2.75) is 38.6 Å². The first-order valence-electron chi connectivity index (χ1n) is 6.62. The van der Waals surface area contributed by atoms with Crippen molar-refractivity contribution in [2.24, 2.45) is 5.92 Å². The summed E-state index contributed by atoms with van der Waals surface area (Å²) in [6.45, 7) is 2.26. The molecule has 0 saturated heterocycles. The van der Waals surface area contributed by atoms with E-state index in [9.17, 15) is 10.1 Å². The van der Waals surface area contributed by atoms with Gasteiger partial charge in [0.25, 0.3) is 0 Å². The molecule has 0 spiro atoms. The molecule has 1 fully saturated rings. The molecule has 19 heavy (non-hydrogen) atoms. The van der Waals surface area contributed by atoms with Crippen molar-refractivity contribution in [3.05, 3.63) is 22.2 Å². The monoisotopic (exact) mass is 264 g/mol. The maximum atomic E-state index is 10.7. The highest BCUT2D eigenvalue weighted by Gasteiger charge is 2.24. The molecule has 0 aliphatic heterocycles. The Morgan fingerprint density at radius 3 is 2.79 bits per heavy atom. The first-order chi connectivity index (χ1) is 8.99. The third kappa shape index (κ3) is 2.94. The second kappa shape index (κ2) is 5.42. The fourth-order valence-electron chi connectivity index (χ4n) is 2.75. The van der Waals surface area contributed by atoms with E-state index in [4.69, 9.17) is 5.73 Å². The summed E-state index contributed by atoms with van der Waals surface area (Å²) in [7, 11) is 1.98. The fourth-order valence-corrected chi connectivity index (χ4v) is 2.75. The van der Waals surface area contributed by atoms with Crippen LogP contribution >= 0.6 is 0 Å². The Morgan fingerprint density at radius 2 is 2.21 bits per heavy atom. The molecule has 104 valence electrons. The van der Waals surface area contributed by atoms with Crippen LogP contribution in [0, 0.1) is 16.0 Å². The van der Waals surface area contributed by atoms with Gasteiger partial charge in [-0.1, -0.05) is 19.8 Å². The predicted octanol–water partition coefficient (Wildman–Crippen LogP) is 2.59. The molecule has 2 N–H and O–H groups in total. The molecule has 2 atom stereocenters. The van der Waals surface area contributed by atoms with Crippen LogP contribution in [0.3, 0.4) is 0 Å². The van der Waals surface area contributed by atoms with Gasteiger partial charge in [-0.3, -0.25) is 10.1 Å². The smallest absolute Gasteiger partial charge is 0.311 e. The molecule has 1 aromatic heterocycles. The number of hydrogen-bond donors (Lipinski definition) is 1. The van der Waals surface area contributed by atoms with Gasteiger partial charge in [0.05, 0.1) is 4.92 Å². The molecule has 1 heterocycles. The maximum Gasteiger partial charge on any atom is 0.311 e. The van der Waals surface area contributed by atoms with Crippen LogP contribution in [0.15, 0.2) is 12.1 Å². The van der Waals surface area contributed by atoms with E-state index in [2.05, 4.69) is 16.8 Å². The lowest BCUT2D eigenvalue weighted by molar-refractivity contribution is -0.384. The number of nitrogens with two attached hydrogens (primary N) is 1. The van der Waals surface area contributed by atoms with Crippen molar-refractivity contribution in [3.63, 3.8) is 0 Å². The molecular formula is C13H20N4O2. The fraction of sp³-hybridized carbons (Fsp3) is 0.615. The van der Waals surface area contributed by atoms with Crippen LogP contribution in [0.5, 0.6) is 0 Å². The number of rotatable bonds is 3. The minimum absolute atomic E-state index is 0.0155. The Morgan fingerprint density at radius 1 is 1.47 bits per heavy atom. The second-order valence-corrected chi connectivity index (χ2v) is 5.37. The molecule has 1 aromatic rings. The summed E-state index contributed by atoms with van der Waals surface area (Å²) in [6, 6.07) is 3.55. The highest BCUT2D eigenvalue weighted by atomic mass is 16.6. The average Bonchev–Trinajstić information content (AvgIpc) is 2.37. The molecule has 6 heteroatoms. The van der Waals surface area contributed by atoms with E-state index < -0.39 is 4.92 Å². The van der Waals surface area contributed by atoms with Crippen LogP contribution in [-0.4, -0.2) is 23.0 Å². The Hall–Kier alpha value is -1.85. The molecule has 0 aromatic carbocycles. The molecule has 2 rings (SSSR count). The summed E-state index contributed by atoms with van der Waals surface area (Å²) in [5.74, 6) is 1.41. The van der Waals surface area contributed by atoms with Crippen molar-refractivity contribution >= 4 is 17.3 Å². The molecule has 2 unspecified atom stereocenters. The van der Waals surface area contributed by atoms with Crippen LogP contribution < -0.4 is 10.6 Å². The Bertz CT molecular complexity index is 478. The number of nitrogens with zero attached hydrogens (tertiary/aromatic N) is 3. The number of nitro groups is 1. The normalized spacial score (nSPS) is 23.1. The molecule has 0 bridgehead atoms. The van der Waals surface area contributed by atoms with Gasteiger partial charge in [0, 0.05) is 19.2 Å². The third-order valence-corrected chi connectivity index (χ3v) is 3.90. The molecule has 6 nitrogen and oxygen atoms in total. The first-order valence-corrected chi connectivity index (χ1v) is 6.62. The summed E-state index contributed by atoms with van der Waals surface area (Å²) in [6.07, 6.45) is 4.77. The summed E-state index contributed by atoms with van der Waals surface area (Å²) < 4.78 is 0. The van der Waals surface area contributed by atoms with E-state index in [1.54, 1.807) is 6.07 Å². The first kappa shape index (κ1) is 13.6. The standard InChI is InChI=1S/C13H20N4O2/c1-9-4-3-5-10(8-9)16(2)12-7-6-11(17(18)19)13(14)15-12/h6-7,9-10H,3-5,8H2,1-2H3,(H2,14,15). The van der Waals surface area contributed by atoms with Gasteiger partial charge < -0.3 is 10.6 Å². The van der Waals surface area contributed by atoms with Crippen molar-refractivity contribution in [1.29, 1.82) is 0 Å². The zero-order chi connectivity index (χ0) is 14.0. The lowest BCUT2D eigenvalue weighted by Gasteiger charge is -2.34. The zero-order valence-corrected chi connectivity index (χ0v) is 11.4. The van der Waals surface area contributed by atoms with Crippen LogP contribution in [-0.2, 0) is 0 Å². The third-order valence-electron chi connectivity index (χ3n) is 3.90. The lowest BCUT2D eigenvalue weighted by atomic mass is 9.86.